The fourth-order valence-electron chi connectivity index (χ4n) is 2.91. The molecule has 0 atom stereocenters. The van der Waals surface area contributed by atoms with E-state index in [9.17, 15) is 4.79 Å². The molecule has 0 radical (unpaired) electrons. The number of rotatable bonds is 4. The van der Waals surface area contributed by atoms with Crippen molar-refractivity contribution < 1.29 is 9.90 Å². The first-order valence-electron chi connectivity index (χ1n) is 7.89. The number of carboxylic acids is 1. The quantitative estimate of drug-likeness (QED) is 0.938. The molecule has 3 rings (SSSR count). The van der Waals surface area contributed by atoms with Gasteiger partial charge in [0.15, 0.2) is 0 Å². The van der Waals surface area contributed by atoms with E-state index in [0.717, 1.165) is 47.8 Å². The van der Waals surface area contributed by atoms with Crippen molar-refractivity contribution in [1.29, 1.82) is 0 Å². The van der Waals surface area contributed by atoms with E-state index in [4.69, 9.17) is 10.1 Å². The summed E-state index contributed by atoms with van der Waals surface area (Å²) < 4.78 is 0. The number of thiophene rings is 1. The minimum atomic E-state index is -0.675. The van der Waals surface area contributed by atoms with Crippen molar-refractivity contribution in [3.63, 3.8) is 0 Å². The summed E-state index contributed by atoms with van der Waals surface area (Å²) in [6.45, 7) is 5.72. The van der Waals surface area contributed by atoms with Crippen LogP contribution in [0.5, 0.6) is 0 Å². The van der Waals surface area contributed by atoms with E-state index in [1.54, 1.807) is 11.3 Å². The molecule has 6 heteroatoms. The largest absolute Gasteiger partial charge is 0.481 e. The zero-order valence-corrected chi connectivity index (χ0v) is 13.8. The Kier molecular flexibility index (Phi) is 4.29. The highest BCUT2D eigenvalue weighted by molar-refractivity contribution is 7.18. The lowest BCUT2D eigenvalue weighted by Crippen LogP contribution is -2.37. The maximum Gasteiger partial charge on any atom is 0.306 e. The zero-order valence-electron chi connectivity index (χ0n) is 13.0. The van der Waals surface area contributed by atoms with Gasteiger partial charge in [-0.3, -0.25) is 4.79 Å². The Balaban J connectivity index is 1.95. The molecule has 0 unspecified atom stereocenters. The van der Waals surface area contributed by atoms with Gasteiger partial charge in [-0.2, -0.15) is 0 Å². The number of anilines is 1. The number of aryl methyl sites for hydroxylation is 2. The van der Waals surface area contributed by atoms with Crippen molar-refractivity contribution in [1.82, 2.24) is 9.97 Å². The number of piperidine rings is 1. The van der Waals surface area contributed by atoms with Crippen LogP contribution in [0.25, 0.3) is 10.2 Å². The number of fused-ring (bicyclic) bond motifs is 1. The zero-order chi connectivity index (χ0) is 15.7. The fraction of sp³-hybridized carbons (Fsp3) is 0.562. The summed E-state index contributed by atoms with van der Waals surface area (Å²) in [5, 5.41) is 10.3. The molecule has 1 aliphatic heterocycles. The van der Waals surface area contributed by atoms with E-state index in [1.165, 1.54) is 4.88 Å². The third-order valence-corrected chi connectivity index (χ3v) is 5.45. The van der Waals surface area contributed by atoms with Gasteiger partial charge in [-0.15, -0.1) is 11.3 Å². The molecular formula is C16H21N3O2S. The topological polar surface area (TPSA) is 66.3 Å². The van der Waals surface area contributed by atoms with Gasteiger partial charge in [0.2, 0.25) is 0 Å². The smallest absolute Gasteiger partial charge is 0.306 e. The van der Waals surface area contributed by atoms with E-state index in [-0.39, 0.29) is 5.92 Å². The van der Waals surface area contributed by atoms with Crippen molar-refractivity contribution in [2.24, 2.45) is 5.92 Å². The second kappa shape index (κ2) is 6.20. The van der Waals surface area contributed by atoms with Gasteiger partial charge in [-0.05, 0) is 25.3 Å². The summed E-state index contributed by atoms with van der Waals surface area (Å²) in [6, 6.07) is 2.19. The van der Waals surface area contributed by atoms with E-state index in [2.05, 4.69) is 29.8 Å². The Morgan fingerprint density at radius 2 is 2.05 bits per heavy atom. The van der Waals surface area contributed by atoms with Gasteiger partial charge in [0.05, 0.1) is 11.3 Å². The number of hydrogen-bond acceptors (Lipinski definition) is 5. The van der Waals surface area contributed by atoms with E-state index in [0.29, 0.717) is 12.8 Å². The summed E-state index contributed by atoms with van der Waals surface area (Å²) in [7, 11) is 0. The van der Waals surface area contributed by atoms with Crippen molar-refractivity contribution in [3.8, 4) is 0 Å². The van der Waals surface area contributed by atoms with E-state index >= 15 is 0 Å². The van der Waals surface area contributed by atoms with Crippen LogP contribution >= 0.6 is 11.3 Å². The standard InChI is InChI=1S/C16H21N3O2S/c1-3-11-9-12-14(17-13(4-2)18-15(12)22-11)19-7-5-10(6-8-19)16(20)21/h9-10H,3-8H2,1-2H3,(H,20,21). The molecule has 0 aliphatic carbocycles. The van der Waals surface area contributed by atoms with Crippen molar-refractivity contribution in [3.05, 3.63) is 16.8 Å². The third kappa shape index (κ3) is 2.79. The lowest BCUT2D eigenvalue weighted by Gasteiger charge is -2.31. The molecule has 0 saturated carbocycles. The maximum atomic E-state index is 11.1. The Hall–Kier alpha value is -1.69. The van der Waals surface area contributed by atoms with E-state index < -0.39 is 5.97 Å². The first-order chi connectivity index (χ1) is 10.6. The van der Waals surface area contributed by atoms with Crippen LogP contribution in [0.4, 0.5) is 5.82 Å². The van der Waals surface area contributed by atoms with Crippen molar-refractivity contribution >= 4 is 33.3 Å². The van der Waals surface area contributed by atoms with Gasteiger partial charge in [0.25, 0.3) is 0 Å². The normalized spacial score (nSPS) is 16.4. The summed E-state index contributed by atoms with van der Waals surface area (Å²) in [5.41, 5.74) is 0. The Morgan fingerprint density at radius 1 is 1.32 bits per heavy atom. The average Bonchev–Trinajstić information content (AvgIpc) is 2.97. The number of carboxylic acid groups (broad SMARTS) is 1. The Morgan fingerprint density at radius 3 is 2.64 bits per heavy atom. The first-order valence-corrected chi connectivity index (χ1v) is 8.71. The molecule has 0 amide bonds. The molecule has 1 aliphatic rings. The summed E-state index contributed by atoms with van der Waals surface area (Å²) in [6.07, 6.45) is 3.19. The van der Waals surface area contributed by atoms with Gasteiger partial charge in [0.1, 0.15) is 16.5 Å². The first kappa shape index (κ1) is 15.2. The van der Waals surface area contributed by atoms with E-state index in [1.807, 2.05) is 0 Å². The van der Waals surface area contributed by atoms with Gasteiger partial charge < -0.3 is 10.0 Å². The molecule has 1 fully saturated rings. The molecule has 0 spiro atoms. The lowest BCUT2D eigenvalue weighted by molar-refractivity contribution is -0.142. The minimum Gasteiger partial charge on any atom is -0.481 e. The fourth-order valence-corrected chi connectivity index (χ4v) is 3.89. The summed E-state index contributed by atoms with van der Waals surface area (Å²) in [5.74, 6) is 0.965. The third-order valence-electron chi connectivity index (χ3n) is 4.28. The van der Waals surface area contributed by atoms with Crippen LogP contribution in [0.2, 0.25) is 0 Å². The molecule has 5 nitrogen and oxygen atoms in total. The maximum absolute atomic E-state index is 11.1. The molecule has 3 heterocycles. The molecule has 1 N–H and O–H groups in total. The monoisotopic (exact) mass is 319 g/mol. The molecule has 118 valence electrons. The van der Waals surface area contributed by atoms with Crippen molar-refractivity contribution in [2.75, 3.05) is 18.0 Å². The lowest BCUT2D eigenvalue weighted by atomic mass is 9.97. The predicted molar refractivity (Wildman–Crippen MR) is 88.7 cm³/mol. The molecule has 0 aromatic carbocycles. The highest BCUT2D eigenvalue weighted by Crippen LogP contribution is 2.33. The van der Waals surface area contributed by atoms with Crippen LogP contribution in [0, 0.1) is 5.92 Å². The van der Waals surface area contributed by atoms with Gasteiger partial charge in [-0.1, -0.05) is 13.8 Å². The van der Waals surface area contributed by atoms with Crippen LogP contribution in [-0.4, -0.2) is 34.1 Å². The number of hydrogen-bond donors (Lipinski definition) is 1. The average molecular weight is 319 g/mol. The summed E-state index contributed by atoms with van der Waals surface area (Å²) in [4.78, 5) is 25.1. The number of nitrogens with zero attached hydrogens (tertiary/aromatic N) is 3. The Labute approximate surface area is 134 Å². The molecule has 2 aromatic rings. The second-order valence-corrected chi connectivity index (χ2v) is 6.82. The molecule has 22 heavy (non-hydrogen) atoms. The molecule has 1 saturated heterocycles. The molecular weight excluding hydrogens is 298 g/mol. The van der Waals surface area contributed by atoms with Crippen LogP contribution in [0.1, 0.15) is 37.4 Å². The molecule has 0 bridgehead atoms. The van der Waals surface area contributed by atoms with Crippen LogP contribution < -0.4 is 4.90 Å². The number of aliphatic carboxylic acids is 1. The summed E-state index contributed by atoms with van der Waals surface area (Å²) >= 11 is 1.74. The predicted octanol–water partition coefficient (Wildman–Crippen LogP) is 3.12. The van der Waals surface area contributed by atoms with Crippen molar-refractivity contribution in [2.45, 2.75) is 39.5 Å². The highest BCUT2D eigenvalue weighted by atomic mass is 32.1. The number of carbonyl (C=O) groups is 1. The SMILES string of the molecule is CCc1nc(N2CCC(C(=O)O)CC2)c2cc(CC)sc2n1. The number of aromatic nitrogens is 2. The highest BCUT2D eigenvalue weighted by Gasteiger charge is 2.26. The van der Waals surface area contributed by atoms with Gasteiger partial charge in [-0.25, -0.2) is 9.97 Å². The van der Waals surface area contributed by atoms with Crippen LogP contribution in [-0.2, 0) is 17.6 Å². The van der Waals surface area contributed by atoms with Crippen LogP contribution in [0.15, 0.2) is 6.07 Å². The minimum absolute atomic E-state index is 0.215. The molecule has 2 aromatic heterocycles. The second-order valence-electron chi connectivity index (χ2n) is 5.70. The Bertz CT molecular complexity index is 690. The van der Waals surface area contributed by atoms with Gasteiger partial charge in [0, 0.05) is 24.4 Å². The van der Waals surface area contributed by atoms with Crippen LogP contribution in [0.3, 0.4) is 0 Å². The van der Waals surface area contributed by atoms with Gasteiger partial charge >= 0.3 is 5.97 Å².